The Morgan fingerprint density at radius 1 is 1.05 bits per heavy atom. The van der Waals surface area contributed by atoms with Crippen LogP contribution in [0, 0.1) is 20.8 Å². The molecule has 0 bridgehead atoms. The van der Waals surface area contributed by atoms with Gasteiger partial charge in [-0.1, -0.05) is 24.3 Å². The summed E-state index contributed by atoms with van der Waals surface area (Å²) >= 11 is 0. The molecule has 0 heterocycles. The standard InChI is InChI=1S/C17H20O4S/c1-12-11-13(2)17(22(18,19)20)14(3)16(12)9-10-21-15-7-5-4-6-8-15/h4-8,11H,9-10H2,1-3H3,(H,18,19,20). The molecule has 22 heavy (non-hydrogen) atoms. The van der Waals surface area contributed by atoms with Crippen LogP contribution >= 0.6 is 0 Å². The van der Waals surface area contributed by atoms with Crippen molar-refractivity contribution in [3.05, 3.63) is 58.7 Å². The van der Waals surface area contributed by atoms with E-state index in [0.29, 0.717) is 24.2 Å². The van der Waals surface area contributed by atoms with Crippen molar-refractivity contribution in [2.75, 3.05) is 6.61 Å². The van der Waals surface area contributed by atoms with Crippen LogP contribution in [-0.2, 0) is 16.5 Å². The summed E-state index contributed by atoms with van der Waals surface area (Å²) in [5, 5.41) is 0. The summed E-state index contributed by atoms with van der Waals surface area (Å²) in [5.74, 6) is 0.778. The molecular formula is C17H20O4S. The predicted octanol–water partition coefficient (Wildman–Crippen LogP) is 3.48. The largest absolute Gasteiger partial charge is 0.493 e. The molecule has 0 amide bonds. The summed E-state index contributed by atoms with van der Waals surface area (Å²) in [6.07, 6.45) is 0.579. The number of hydrogen-bond donors (Lipinski definition) is 1. The van der Waals surface area contributed by atoms with Gasteiger partial charge in [-0.15, -0.1) is 0 Å². The van der Waals surface area contributed by atoms with E-state index in [9.17, 15) is 13.0 Å². The van der Waals surface area contributed by atoms with Gasteiger partial charge >= 0.3 is 0 Å². The fourth-order valence-corrected chi connectivity index (χ4v) is 3.75. The second-order valence-electron chi connectivity index (χ2n) is 5.33. The molecule has 0 saturated heterocycles. The molecule has 0 aliphatic rings. The Bertz CT molecular complexity index is 765. The lowest BCUT2D eigenvalue weighted by atomic mass is 9.97. The molecule has 118 valence electrons. The maximum absolute atomic E-state index is 11.6. The smallest absolute Gasteiger partial charge is 0.295 e. The summed E-state index contributed by atoms with van der Waals surface area (Å²) in [6.45, 7) is 5.79. The molecule has 2 rings (SSSR count). The first-order valence-electron chi connectivity index (χ1n) is 7.05. The zero-order chi connectivity index (χ0) is 16.3. The Labute approximate surface area is 131 Å². The third kappa shape index (κ3) is 3.67. The number of aryl methyl sites for hydroxylation is 2. The van der Waals surface area contributed by atoms with Gasteiger partial charge in [0.05, 0.1) is 11.5 Å². The van der Waals surface area contributed by atoms with E-state index in [4.69, 9.17) is 4.74 Å². The summed E-state index contributed by atoms with van der Waals surface area (Å²) in [7, 11) is -4.22. The molecule has 0 unspecified atom stereocenters. The van der Waals surface area contributed by atoms with Gasteiger partial charge in [0.2, 0.25) is 0 Å². The van der Waals surface area contributed by atoms with Crippen LogP contribution in [0.25, 0.3) is 0 Å². The number of para-hydroxylation sites is 1. The van der Waals surface area contributed by atoms with Crippen molar-refractivity contribution in [2.24, 2.45) is 0 Å². The molecule has 2 aromatic carbocycles. The zero-order valence-electron chi connectivity index (χ0n) is 13.0. The van der Waals surface area contributed by atoms with Crippen LogP contribution in [-0.4, -0.2) is 19.6 Å². The maximum Gasteiger partial charge on any atom is 0.295 e. The normalized spacial score (nSPS) is 11.5. The number of ether oxygens (including phenoxy) is 1. The van der Waals surface area contributed by atoms with Crippen LogP contribution in [0.15, 0.2) is 41.3 Å². The van der Waals surface area contributed by atoms with E-state index in [1.165, 1.54) is 0 Å². The Hall–Kier alpha value is -1.85. The van der Waals surface area contributed by atoms with E-state index in [1.54, 1.807) is 19.9 Å². The monoisotopic (exact) mass is 320 g/mol. The molecule has 0 radical (unpaired) electrons. The maximum atomic E-state index is 11.6. The van der Waals surface area contributed by atoms with Crippen molar-refractivity contribution >= 4 is 10.1 Å². The lowest BCUT2D eigenvalue weighted by Gasteiger charge is -2.16. The molecule has 0 aliphatic carbocycles. The number of benzene rings is 2. The van der Waals surface area contributed by atoms with Crippen LogP contribution in [0.3, 0.4) is 0 Å². The van der Waals surface area contributed by atoms with Crippen LogP contribution in [0.4, 0.5) is 0 Å². The zero-order valence-corrected chi connectivity index (χ0v) is 13.8. The fourth-order valence-electron chi connectivity index (χ4n) is 2.78. The molecule has 2 aromatic rings. The highest BCUT2D eigenvalue weighted by Gasteiger charge is 2.20. The van der Waals surface area contributed by atoms with Crippen molar-refractivity contribution in [2.45, 2.75) is 32.1 Å². The summed E-state index contributed by atoms with van der Waals surface area (Å²) in [4.78, 5) is 0.00723. The average Bonchev–Trinajstić information content (AvgIpc) is 2.41. The molecule has 0 atom stereocenters. The molecule has 5 heteroatoms. The first-order chi connectivity index (χ1) is 10.3. The number of hydrogen-bond acceptors (Lipinski definition) is 3. The van der Waals surface area contributed by atoms with E-state index in [1.807, 2.05) is 37.3 Å². The van der Waals surface area contributed by atoms with E-state index in [-0.39, 0.29) is 4.90 Å². The van der Waals surface area contributed by atoms with Crippen LogP contribution in [0.5, 0.6) is 5.75 Å². The average molecular weight is 320 g/mol. The van der Waals surface area contributed by atoms with Gasteiger partial charge in [0.1, 0.15) is 5.75 Å². The molecule has 0 saturated carbocycles. The molecule has 4 nitrogen and oxygen atoms in total. The molecule has 1 N–H and O–H groups in total. The molecule has 0 aliphatic heterocycles. The quantitative estimate of drug-likeness (QED) is 0.857. The third-order valence-electron chi connectivity index (χ3n) is 3.68. The predicted molar refractivity (Wildman–Crippen MR) is 86.1 cm³/mol. The third-order valence-corrected chi connectivity index (χ3v) is 4.83. The molecule has 0 aromatic heterocycles. The molecule has 0 fully saturated rings. The Morgan fingerprint density at radius 2 is 1.68 bits per heavy atom. The molecular weight excluding hydrogens is 300 g/mol. The van der Waals surface area contributed by atoms with Crippen molar-refractivity contribution in [1.29, 1.82) is 0 Å². The highest BCUT2D eigenvalue weighted by Crippen LogP contribution is 2.26. The van der Waals surface area contributed by atoms with Crippen molar-refractivity contribution < 1.29 is 17.7 Å². The van der Waals surface area contributed by atoms with E-state index in [2.05, 4.69) is 0 Å². The first-order valence-corrected chi connectivity index (χ1v) is 8.49. The van der Waals surface area contributed by atoms with Gasteiger partial charge in [0, 0.05) is 6.42 Å². The van der Waals surface area contributed by atoms with Crippen molar-refractivity contribution in [3.8, 4) is 5.75 Å². The minimum atomic E-state index is -4.22. The van der Waals surface area contributed by atoms with Gasteiger partial charge < -0.3 is 4.74 Å². The SMILES string of the molecule is Cc1cc(C)c(S(=O)(=O)O)c(C)c1CCOc1ccccc1. The molecule has 0 spiro atoms. The van der Waals surface area contributed by atoms with Gasteiger partial charge in [-0.3, -0.25) is 4.55 Å². The van der Waals surface area contributed by atoms with Crippen LogP contribution in [0.2, 0.25) is 0 Å². The summed E-state index contributed by atoms with van der Waals surface area (Å²) < 4.78 is 38.2. The van der Waals surface area contributed by atoms with Gasteiger partial charge in [0.15, 0.2) is 0 Å². The lowest BCUT2D eigenvalue weighted by molar-refractivity contribution is 0.321. The fraction of sp³-hybridized carbons (Fsp3) is 0.294. The van der Waals surface area contributed by atoms with E-state index < -0.39 is 10.1 Å². The van der Waals surface area contributed by atoms with Gasteiger partial charge in [-0.05, 0) is 55.2 Å². The Balaban J connectivity index is 2.24. The number of rotatable bonds is 5. The van der Waals surface area contributed by atoms with Crippen LogP contribution in [0.1, 0.15) is 22.3 Å². The van der Waals surface area contributed by atoms with Gasteiger partial charge in [0.25, 0.3) is 10.1 Å². The minimum Gasteiger partial charge on any atom is -0.493 e. The van der Waals surface area contributed by atoms with Gasteiger partial charge in [-0.2, -0.15) is 8.42 Å². The second kappa shape index (κ2) is 6.50. The Morgan fingerprint density at radius 3 is 2.27 bits per heavy atom. The van der Waals surface area contributed by atoms with E-state index in [0.717, 1.165) is 16.9 Å². The lowest BCUT2D eigenvalue weighted by Crippen LogP contribution is -2.10. The van der Waals surface area contributed by atoms with Crippen molar-refractivity contribution in [3.63, 3.8) is 0 Å². The highest BCUT2D eigenvalue weighted by molar-refractivity contribution is 7.86. The van der Waals surface area contributed by atoms with Gasteiger partial charge in [-0.25, -0.2) is 0 Å². The second-order valence-corrected chi connectivity index (χ2v) is 6.69. The minimum absolute atomic E-state index is 0.00723. The topological polar surface area (TPSA) is 63.6 Å². The van der Waals surface area contributed by atoms with Crippen molar-refractivity contribution in [1.82, 2.24) is 0 Å². The van der Waals surface area contributed by atoms with E-state index >= 15 is 0 Å². The first kappa shape index (κ1) is 16.5. The summed E-state index contributed by atoms with van der Waals surface area (Å²) in [5.41, 5.74) is 3.05. The van der Waals surface area contributed by atoms with Crippen LogP contribution < -0.4 is 4.74 Å². The highest BCUT2D eigenvalue weighted by atomic mass is 32.2. The Kier molecular flexibility index (Phi) is 4.88. The summed E-state index contributed by atoms with van der Waals surface area (Å²) in [6, 6.07) is 11.2.